The summed E-state index contributed by atoms with van der Waals surface area (Å²) in [6.45, 7) is 5.11. The highest BCUT2D eigenvalue weighted by Gasteiger charge is 2.21. The van der Waals surface area contributed by atoms with E-state index in [1.807, 2.05) is 20.8 Å². The number of carbonyl (C=O) groups excluding carboxylic acids is 3. The van der Waals surface area contributed by atoms with E-state index in [9.17, 15) is 14.4 Å². The molecule has 0 atom stereocenters. The number of ketones is 1. The molecule has 0 fully saturated rings. The largest absolute Gasteiger partial charge is 0.453 e. The Labute approximate surface area is 140 Å². The molecular weight excluding hydrogens is 308 g/mol. The monoisotopic (exact) mass is 328 g/mol. The Hall–Kier alpha value is -2.89. The molecule has 6 heteroatoms. The molecule has 0 aliphatic carbocycles. The van der Waals surface area contributed by atoms with Gasteiger partial charge in [-0.3, -0.25) is 9.59 Å². The number of Topliss-reactive ketones (excluding diaryl/α,β-unsaturated/α-hetero) is 1. The van der Waals surface area contributed by atoms with Crippen LogP contribution in [0.15, 0.2) is 42.6 Å². The summed E-state index contributed by atoms with van der Waals surface area (Å²) in [4.78, 5) is 38.3. The minimum Gasteiger partial charge on any atom is -0.453 e. The highest BCUT2D eigenvalue weighted by atomic mass is 16.5. The number of aromatic amines is 1. The highest BCUT2D eigenvalue weighted by molar-refractivity contribution is 6.00. The number of ether oxygens (including phenoxy) is 1. The maximum absolute atomic E-state index is 12.0. The van der Waals surface area contributed by atoms with Gasteiger partial charge in [0.25, 0.3) is 0 Å². The lowest BCUT2D eigenvalue weighted by Crippen LogP contribution is -2.27. The molecule has 126 valence electrons. The summed E-state index contributed by atoms with van der Waals surface area (Å²) < 4.78 is 4.95. The second-order valence-electron chi connectivity index (χ2n) is 6.36. The molecule has 0 bridgehead atoms. The third-order valence-corrected chi connectivity index (χ3v) is 3.30. The third kappa shape index (κ3) is 4.55. The number of hydrogen-bond acceptors (Lipinski definition) is 4. The first kappa shape index (κ1) is 17.5. The fraction of sp³-hybridized carbons (Fsp3) is 0.278. The van der Waals surface area contributed by atoms with Gasteiger partial charge < -0.3 is 15.0 Å². The quantitative estimate of drug-likeness (QED) is 0.652. The lowest BCUT2D eigenvalue weighted by molar-refractivity contribution is -0.123. The molecule has 0 saturated carbocycles. The molecule has 0 unspecified atom stereocenters. The number of anilines is 1. The van der Waals surface area contributed by atoms with Crippen LogP contribution in [0.1, 0.15) is 41.6 Å². The topological polar surface area (TPSA) is 88.3 Å². The fourth-order valence-electron chi connectivity index (χ4n) is 1.81. The van der Waals surface area contributed by atoms with Crippen LogP contribution >= 0.6 is 0 Å². The summed E-state index contributed by atoms with van der Waals surface area (Å²) in [5.41, 5.74) is 0.807. The van der Waals surface area contributed by atoms with Gasteiger partial charge in [0.15, 0.2) is 12.4 Å². The predicted octanol–water partition coefficient (Wildman–Crippen LogP) is 3.04. The Kier molecular flexibility index (Phi) is 5.18. The van der Waals surface area contributed by atoms with Crippen molar-refractivity contribution in [1.29, 1.82) is 0 Å². The lowest BCUT2D eigenvalue weighted by atomic mass is 9.95. The molecule has 2 rings (SSSR count). The van der Waals surface area contributed by atoms with Gasteiger partial charge in [0, 0.05) is 22.9 Å². The molecule has 2 aromatic rings. The minimum atomic E-state index is -0.581. The van der Waals surface area contributed by atoms with Crippen LogP contribution in [0.2, 0.25) is 0 Å². The van der Waals surface area contributed by atoms with Gasteiger partial charge >= 0.3 is 5.97 Å². The zero-order valence-corrected chi connectivity index (χ0v) is 13.9. The van der Waals surface area contributed by atoms with E-state index in [0.29, 0.717) is 16.9 Å². The maximum Gasteiger partial charge on any atom is 0.355 e. The Morgan fingerprint density at radius 1 is 1.08 bits per heavy atom. The second-order valence-corrected chi connectivity index (χ2v) is 6.36. The first-order valence-electron chi connectivity index (χ1n) is 7.52. The first-order valence-corrected chi connectivity index (χ1v) is 7.52. The van der Waals surface area contributed by atoms with Crippen molar-refractivity contribution in [2.75, 3.05) is 11.9 Å². The molecule has 24 heavy (non-hydrogen) atoms. The van der Waals surface area contributed by atoms with Gasteiger partial charge in [0.2, 0.25) is 5.91 Å². The number of benzene rings is 1. The number of hydrogen-bond donors (Lipinski definition) is 2. The van der Waals surface area contributed by atoms with Crippen LogP contribution in [0, 0.1) is 5.41 Å². The van der Waals surface area contributed by atoms with Gasteiger partial charge in [-0.25, -0.2) is 4.79 Å². The van der Waals surface area contributed by atoms with Crippen molar-refractivity contribution in [3.63, 3.8) is 0 Å². The number of amides is 1. The van der Waals surface area contributed by atoms with Gasteiger partial charge in [-0.15, -0.1) is 0 Å². The molecule has 0 radical (unpaired) electrons. The normalized spacial score (nSPS) is 11.0. The van der Waals surface area contributed by atoms with Crippen molar-refractivity contribution < 1.29 is 19.1 Å². The molecule has 0 saturated heterocycles. The zero-order chi connectivity index (χ0) is 17.7. The van der Waals surface area contributed by atoms with Crippen molar-refractivity contribution in [3.8, 4) is 0 Å². The van der Waals surface area contributed by atoms with E-state index >= 15 is 0 Å². The van der Waals surface area contributed by atoms with E-state index in [-0.39, 0.29) is 18.3 Å². The van der Waals surface area contributed by atoms with E-state index in [4.69, 9.17) is 4.74 Å². The summed E-state index contributed by atoms with van der Waals surface area (Å²) >= 11 is 0. The highest BCUT2D eigenvalue weighted by Crippen LogP contribution is 2.18. The van der Waals surface area contributed by atoms with Crippen LogP contribution < -0.4 is 5.32 Å². The van der Waals surface area contributed by atoms with Crippen LogP contribution in [0.5, 0.6) is 0 Å². The number of carbonyl (C=O) groups is 3. The van der Waals surface area contributed by atoms with E-state index in [1.54, 1.807) is 42.6 Å². The summed E-state index contributed by atoms with van der Waals surface area (Å²) in [6.07, 6.45) is 1.60. The summed E-state index contributed by atoms with van der Waals surface area (Å²) in [5, 5.41) is 2.78. The number of nitrogens with one attached hydrogen (secondary N) is 2. The molecular formula is C18H20N2O4. The average Bonchev–Trinajstić information content (AvgIpc) is 3.06. The van der Waals surface area contributed by atoms with E-state index < -0.39 is 11.4 Å². The summed E-state index contributed by atoms with van der Waals surface area (Å²) in [6, 6.07) is 9.70. The van der Waals surface area contributed by atoms with E-state index in [2.05, 4.69) is 10.3 Å². The van der Waals surface area contributed by atoms with Crippen LogP contribution in [0.3, 0.4) is 0 Å². The number of esters is 1. The van der Waals surface area contributed by atoms with Crippen molar-refractivity contribution in [2.45, 2.75) is 20.8 Å². The van der Waals surface area contributed by atoms with Crippen molar-refractivity contribution in [3.05, 3.63) is 53.9 Å². The first-order chi connectivity index (χ1) is 11.3. The molecule has 1 aromatic heterocycles. The van der Waals surface area contributed by atoms with E-state index in [0.717, 1.165) is 0 Å². The number of aromatic nitrogens is 1. The van der Waals surface area contributed by atoms with E-state index in [1.165, 1.54) is 0 Å². The molecule has 0 aliphatic rings. The number of H-pyrrole nitrogens is 1. The van der Waals surface area contributed by atoms with Crippen molar-refractivity contribution in [1.82, 2.24) is 4.98 Å². The standard InChI is InChI=1S/C18H20N2O4/c1-18(2,3)17(23)20-13-8-6-12(7-9-13)15(21)11-24-16(22)14-5-4-10-19-14/h4-10,19H,11H2,1-3H3,(H,20,23). The molecule has 1 aromatic carbocycles. The zero-order valence-electron chi connectivity index (χ0n) is 13.9. The predicted molar refractivity (Wildman–Crippen MR) is 89.9 cm³/mol. The molecule has 6 nitrogen and oxygen atoms in total. The Morgan fingerprint density at radius 2 is 1.75 bits per heavy atom. The summed E-state index contributed by atoms with van der Waals surface area (Å²) in [5.74, 6) is -1.01. The van der Waals surface area contributed by atoms with Crippen LogP contribution in [0.25, 0.3) is 0 Å². The van der Waals surface area contributed by atoms with Gasteiger partial charge in [0.05, 0.1) is 0 Å². The molecule has 1 amide bonds. The van der Waals surface area contributed by atoms with Gasteiger partial charge in [-0.05, 0) is 36.4 Å². The van der Waals surface area contributed by atoms with Gasteiger partial charge in [-0.1, -0.05) is 20.8 Å². The SMILES string of the molecule is CC(C)(C)C(=O)Nc1ccc(C(=O)COC(=O)c2ccc[nH]2)cc1. The fourth-order valence-corrected chi connectivity index (χ4v) is 1.81. The lowest BCUT2D eigenvalue weighted by Gasteiger charge is -2.17. The van der Waals surface area contributed by atoms with Crippen LogP contribution in [-0.2, 0) is 9.53 Å². The Balaban J connectivity index is 1.91. The maximum atomic E-state index is 12.0. The van der Waals surface area contributed by atoms with Crippen LogP contribution in [-0.4, -0.2) is 29.3 Å². The minimum absolute atomic E-state index is 0.110. The Bertz CT molecular complexity index is 725. The van der Waals surface area contributed by atoms with Crippen molar-refractivity contribution in [2.24, 2.45) is 5.41 Å². The third-order valence-electron chi connectivity index (χ3n) is 3.30. The summed E-state index contributed by atoms with van der Waals surface area (Å²) in [7, 11) is 0. The molecule has 0 aliphatic heterocycles. The van der Waals surface area contributed by atoms with Gasteiger partial charge in [0.1, 0.15) is 5.69 Å². The van der Waals surface area contributed by atoms with Crippen LogP contribution in [0.4, 0.5) is 5.69 Å². The molecule has 1 heterocycles. The Morgan fingerprint density at radius 3 is 2.29 bits per heavy atom. The second kappa shape index (κ2) is 7.12. The smallest absolute Gasteiger partial charge is 0.355 e. The average molecular weight is 328 g/mol. The number of rotatable bonds is 5. The molecule has 0 spiro atoms. The van der Waals surface area contributed by atoms with Crippen molar-refractivity contribution >= 4 is 23.3 Å². The van der Waals surface area contributed by atoms with Gasteiger partial charge in [-0.2, -0.15) is 0 Å². The molecule has 2 N–H and O–H groups in total.